The van der Waals surface area contributed by atoms with E-state index in [1.54, 1.807) is 30.2 Å². The second-order valence-corrected chi connectivity index (χ2v) is 7.31. The van der Waals surface area contributed by atoms with E-state index in [-0.39, 0.29) is 42.5 Å². The highest BCUT2D eigenvalue weighted by atomic mass is 127. The van der Waals surface area contributed by atoms with E-state index in [0.717, 1.165) is 23.4 Å². The van der Waals surface area contributed by atoms with Crippen molar-refractivity contribution in [1.29, 1.82) is 0 Å². The number of nitrogens with zero attached hydrogens (tertiary/aromatic N) is 3. The van der Waals surface area contributed by atoms with E-state index in [0.29, 0.717) is 19.0 Å². The molecule has 4 rings (SSSR count). The van der Waals surface area contributed by atoms with Gasteiger partial charge in [-0.25, -0.2) is 0 Å². The Balaban J connectivity index is 0.00000289. The molecule has 9 heteroatoms. The molecule has 1 unspecified atom stereocenters. The van der Waals surface area contributed by atoms with E-state index in [1.807, 2.05) is 42.5 Å². The van der Waals surface area contributed by atoms with E-state index in [4.69, 9.17) is 4.74 Å². The minimum Gasteiger partial charge on any atom is -0.488 e. The van der Waals surface area contributed by atoms with Crippen molar-refractivity contribution in [3.8, 4) is 5.75 Å². The number of rotatable bonds is 7. The SMILES string of the molecule is CN=C(NCc1cccc(NC(=O)Cn2cccn2)c1)NCC1Cc2ccccc2O1.I. The van der Waals surface area contributed by atoms with Crippen molar-refractivity contribution in [2.75, 3.05) is 18.9 Å². The number of aromatic nitrogens is 2. The van der Waals surface area contributed by atoms with Crippen LogP contribution in [0.4, 0.5) is 5.69 Å². The molecule has 1 aromatic heterocycles. The monoisotopic (exact) mass is 546 g/mol. The number of anilines is 1. The lowest BCUT2D eigenvalue weighted by molar-refractivity contribution is -0.116. The topological polar surface area (TPSA) is 92.6 Å². The van der Waals surface area contributed by atoms with Gasteiger partial charge < -0.3 is 20.7 Å². The molecule has 1 aliphatic heterocycles. The molecule has 1 aliphatic rings. The molecule has 3 N–H and O–H groups in total. The number of hydrogen-bond donors (Lipinski definition) is 3. The molecule has 0 aliphatic carbocycles. The number of guanidine groups is 1. The summed E-state index contributed by atoms with van der Waals surface area (Å²) in [5.74, 6) is 1.54. The summed E-state index contributed by atoms with van der Waals surface area (Å²) in [5, 5.41) is 13.6. The van der Waals surface area contributed by atoms with Gasteiger partial charge >= 0.3 is 0 Å². The van der Waals surface area contributed by atoms with Crippen molar-refractivity contribution in [3.05, 3.63) is 78.1 Å². The lowest BCUT2D eigenvalue weighted by Gasteiger charge is -2.16. The summed E-state index contributed by atoms with van der Waals surface area (Å²) in [6, 6.07) is 17.6. The van der Waals surface area contributed by atoms with Crippen LogP contribution in [0.3, 0.4) is 0 Å². The van der Waals surface area contributed by atoms with Crippen molar-refractivity contribution in [1.82, 2.24) is 20.4 Å². The van der Waals surface area contributed by atoms with Gasteiger partial charge in [-0.3, -0.25) is 14.5 Å². The van der Waals surface area contributed by atoms with Crippen LogP contribution in [0.15, 0.2) is 72.0 Å². The molecule has 168 valence electrons. The molecule has 2 heterocycles. The molecule has 0 fully saturated rings. The molecule has 0 radical (unpaired) electrons. The van der Waals surface area contributed by atoms with Crippen molar-refractivity contribution in [2.45, 2.75) is 25.6 Å². The molecule has 32 heavy (non-hydrogen) atoms. The highest BCUT2D eigenvalue weighted by Gasteiger charge is 2.22. The average molecular weight is 546 g/mol. The Morgan fingerprint density at radius 2 is 2.06 bits per heavy atom. The van der Waals surface area contributed by atoms with Crippen LogP contribution in [-0.2, 0) is 24.3 Å². The molecule has 3 aromatic rings. The van der Waals surface area contributed by atoms with Gasteiger partial charge in [0.25, 0.3) is 0 Å². The molecule has 8 nitrogen and oxygen atoms in total. The Hall–Kier alpha value is -3.08. The second-order valence-electron chi connectivity index (χ2n) is 7.31. The first-order chi connectivity index (χ1) is 15.2. The summed E-state index contributed by atoms with van der Waals surface area (Å²) in [6.45, 7) is 1.42. The zero-order chi connectivity index (χ0) is 21.5. The first-order valence-corrected chi connectivity index (χ1v) is 10.2. The van der Waals surface area contributed by atoms with Crippen LogP contribution in [0.25, 0.3) is 0 Å². The minimum atomic E-state index is -0.121. The van der Waals surface area contributed by atoms with Crippen LogP contribution in [0.5, 0.6) is 5.75 Å². The second kappa shape index (κ2) is 11.5. The first-order valence-electron chi connectivity index (χ1n) is 10.2. The molecule has 0 spiro atoms. The van der Waals surface area contributed by atoms with Gasteiger partial charge in [-0.05, 0) is 35.4 Å². The minimum absolute atomic E-state index is 0. The van der Waals surface area contributed by atoms with Crippen molar-refractivity contribution >= 4 is 41.5 Å². The molecule has 0 saturated heterocycles. The van der Waals surface area contributed by atoms with E-state index < -0.39 is 0 Å². The zero-order valence-electron chi connectivity index (χ0n) is 17.8. The first kappa shape index (κ1) is 23.6. The molecule has 1 amide bonds. The fourth-order valence-corrected chi connectivity index (χ4v) is 3.49. The van der Waals surface area contributed by atoms with Crippen molar-refractivity contribution < 1.29 is 9.53 Å². The summed E-state index contributed by atoms with van der Waals surface area (Å²) < 4.78 is 7.55. The van der Waals surface area contributed by atoms with Crippen LogP contribution in [0, 0.1) is 0 Å². The summed E-state index contributed by atoms with van der Waals surface area (Å²) in [4.78, 5) is 16.5. The van der Waals surface area contributed by atoms with E-state index in [2.05, 4.69) is 32.1 Å². The quantitative estimate of drug-likeness (QED) is 0.241. The number of aliphatic imine (C=N–C) groups is 1. The van der Waals surface area contributed by atoms with Gasteiger partial charge in [0.05, 0.1) is 6.54 Å². The number of carbonyl (C=O) groups excluding carboxylic acids is 1. The van der Waals surface area contributed by atoms with Gasteiger partial charge in [-0.1, -0.05) is 30.3 Å². The van der Waals surface area contributed by atoms with Gasteiger partial charge in [0.2, 0.25) is 5.91 Å². The molecule has 0 saturated carbocycles. The van der Waals surface area contributed by atoms with Crippen LogP contribution < -0.4 is 20.7 Å². The molecular weight excluding hydrogens is 519 g/mol. The number of para-hydroxylation sites is 1. The average Bonchev–Trinajstić information content (AvgIpc) is 3.43. The number of hydrogen-bond acceptors (Lipinski definition) is 4. The number of ether oxygens (including phenoxy) is 1. The Morgan fingerprint density at radius 3 is 2.84 bits per heavy atom. The maximum absolute atomic E-state index is 12.2. The zero-order valence-corrected chi connectivity index (χ0v) is 20.2. The van der Waals surface area contributed by atoms with E-state index in [9.17, 15) is 4.79 Å². The number of halogens is 1. The third-order valence-electron chi connectivity index (χ3n) is 4.97. The van der Waals surface area contributed by atoms with Gasteiger partial charge in [0, 0.05) is 38.1 Å². The number of amides is 1. The Kier molecular flexibility index (Phi) is 8.48. The Labute approximate surface area is 204 Å². The predicted octanol–water partition coefficient (Wildman–Crippen LogP) is 2.81. The van der Waals surface area contributed by atoms with Gasteiger partial charge in [-0.15, -0.1) is 24.0 Å². The summed E-state index contributed by atoms with van der Waals surface area (Å²) in [6.07, 6.45) is 4.39. The Morgan fingerprint density at radius 1 is 1.19 bits per heavy atom. The third-order valence-corrected chi connectivity index (χ3v) is 4.97. The van der Waals surface area contributed by atoms with Crippen LogP contribution in [0.1, 0.15) is 11.1 Å². The van der Waals surface area contributed by atoms with Gasteiger partial charge in [0.1, 0.15) is 18.4 Å². The summed E-state index contributed by atoms with van der Waals surface area (Å²) >= 11 is 0. The number of carbonyl (C=O) groups is 1. The number of nitrogens with one attached hydrogen (secondary N) is 3. The highest BCUT2D eigenvalue weighted by Crippen LogP contribution is 2.27. The van der Waals surface area contributed by atoms with Crippen LogP contribution >= 0.6 is 24.0 Å². The lowest BCUT2D eigenvalue weighted by Crippen LogP contribution is -2.41. The molecule has 1 atom stereocenters. The number of benzene rings is 2. The smallest absolute Gasteiger partial charge is 0.246 e. The summed E-state index contributed by atoms with van der Waals surface area (Å²) in [5.41, 5.74) is 3.02. The Bertz CT molecular complexity index is 1030. The summed E-state index contributed by atoms with van der Waals surface area (Å²) in [7, 11) is 1.74. The lowest BCUT2D eigenvalue weighted by atomic mass is 10.1. The fourth-order valence-electron chi connectivity index (χ4n) is 3.49. The van der Waals surface area contributed by atoms with Crippen LogP contribution in [0.2, 0.25) is 0 Å². The van der Waals surface area contributed by atoms with Crippen molar-refractivity contribution in [3.63, 3.8) is 0 Å². The standard InChI is InChI=1S/C23H26N6O2.HI/c1-24-23(26-15-20-13-18-7-2-3-9-21(18)31-20)25-14-17-6-4-8-19(12-17)28-22(30)16-29-11-5-10-27-29;/h2-12,20H,13-16H2,1H3,(H,28,30)(H2,24,25,26);1H. The van der Waals surface area contributed by atoms with Crippen LogP contribution in [-0.4, -0.2) is 41.3 Å². The maximum atomic E-state index is 12.2. The predicted molar refractivity (Wildman–Crippen MR) is 135 cm³/mol. The van der Waals surface area contributed by atoms with Gasteiger partial charge in [0.15, 0.2) is 5.96 Å². The van der Waals surface area contributed by atoms with Crippen molar-refractivity contribution in [2.24, 2.45) is 4.99 Å². The fraction of sp³-hybridized carbons (Fsp3) is 0.261. The molecule has 0 bridgehead atoms. The normalized spacial score (nSPS) is 14.7. The maximum Gasteiger partial charge on any atom is 0.246 e. The van der Waals surface area contributed by atoms with E-state index in [1.165, 1.54) is 5.56 Å². The highest BCUT2D eigenvalue weighted by molar-refractivity contribution is 14.0. The molecule has 2 aromatic carbocycles. The van der Waals surface area contributed by atoms with E-state index >= 15 is 0 Å². The van der Waals surface area contributed by atoms with Gasteiger partial charge in [-0.2, -0.15) is 5.10 Å². The number of fused-ring (bicyclic) bond motifs is 1. The molecular formula is C23H27IN6O2. The third kappa shape index (κ3) is 6.46. The largest absolute Gasteiger partial charge is 0.488 e.